The number of fused-ring (bicyclic) bond motifs is 4. The van der Waals surface area contributed by atoms with Crippen LogP contribution in [0, 0.1) is 10.8 Å². The predicted molar refractivity (Wildman–Crippen MR) is 253 cm³/mol. The first-order valence-corrected chi connectivity index (χ1v) is 38.5. The van der Waals surface area contributed by atoms with Crippen LogP contribution in [0.2, 0.25) is 13.1 Å². The molecule has 0 bridgehead atoms. The first kappa shape index (κ1) is 39.2. The normalized spacial score (nSPS) is 21.5. The maximum atomic E-state index is 9.16. The summed E-state index contributed by atoms with van der Waals surface area (Å²) in [6.45, 7) is 10.2. The number of benzene rings is 6. The van der Waals surface area contributed by atoms with Gasteiger partial charge in [0.05, 0.1) is 0 Å². The van der Waals surface area contributed by atoms with Crippen molar-refractivity contribution in [2.75, 3.05) is 0 Å². The Labute approximate surface area is 355 Å². The Morgan fingerprint density at radius 1 is 0.517 bits per heavy atom. The molecule has 0 aliphatic heterocycles. The van der Waals surface area contributed by atoms with Crippen molar-refractivity contribution in [3.8, 4) is 22.3 Å². The molecule has 2 fully saturated rings. The van der Waals surface area contributed by atoms with E-state index >= 15 is 0 Å². The fourth-order valence-corrected chi connectivity index (χ4v) is 43.7. The summed E-state index contributed by atoms with van der Waals surface area (Å²) in [6.07, 6.45) is 17.8. The van der Waals surface area contributed by atoms with E-state index in [0.29, 0.717) is 0 Å². The summed E-state index contributed by atoms with van der Waals surface area (Å²) < 4.78 is 0.175. The van der Waals surface area contributed by atoms with Crippen LogP contribution in [0.4, 0.5) is 0 Å². The van der Waals surface area contributed by atoms with Gasteiger partial charge in [0, 0.05) is 0 Å². The molecule has 0 spiro atoms. The van der Waals surface area contributed by atoms with Gasteiger partial charge in [0.15, 0.2) is 0 Å². The summed E-state index contributed by atoms with van der Waals surface area (Å²) in [5.74, 6) is -1.74. The summed E-state index contributed by atoms with van der Waals surface area (Å²) in [5, 5.41) is 5.12. The van der Waals surface area contributed by atoms with Crippen LogP contribution in [0.1, 0.15) is 108 Å². The summed E-state index contributed by atoms with van der Waals surface area (Å²) in [5.41, 5.74) is 14.4. The van der Waals surface area contributed by atoms with Gasteiger partial charge < -0.3 is 0 Å². The molecule has 4 aliphatic rings. The van der Waals surface area contributed by atoms with Crippen LogP contribution in [-0.4, -0.2) is 5.92 Å². The molecule has 2 saturated carbocycles. The molecule has 6 aromatic rings. The molecule has 2 unspecified atom stereocenters. The number of hydrogen-bond donors (Lipinski definition) is 0. The van der Waals surface area contributed by atoms with E-state index in [2.05, 4.69) is 160 Å². The van der Waals surface area contributed by atoms with Gasteiger partial charge in [-0.15, -0.1) is 0 Å². The van der Waals surface area contributed by atoms with Gasteiger partial charge in [-0.1, -0.05) is 0 Å². The van der Waals surface area contributed by atoms with Crippen molar-refractivity contribution in [1.29, 1.82) is 0 Å². The maximum absolute atomic E-state index is 9.16. The zero-order valence-corrected chi connectivity index (χ0v) is 39.9. The van der Waals surface area contributed by atoms with Crippen molar-refractivity contribution in [1.82, 2.24) is 0 Å². The Morgan fingerprint density at radius 3 is 1.31 bits per heavy atom. The average Bonchev–Trinajstić information content (AvgIpc) is 4.02. The molecule has 4 heteroatoms. The van der Waals surface area contributed by atoms with E-state index in [1.165, 1.54) is 129 Å². The molecule has 4 aliphatic carbocycles. The van der Waals surface area contributed by atoms with Crippen molar-refractivity contribution >= 4 is 56.6 Å². The van der Waals surface area contributed by atoms with Crippen LogP contribution in [0.15, 0.2) is 132 Å². The SMILES string of the molecule is C[SiH](C)[Zr]([Cl])([Cl])([CH]1C(CC2(C)CCCC2)=Cc2c(-c3ccc4ccccc4c3)cccc21)[CH]1C(CC2(C)CCCC2)=Cc2c(-c3ccc4ccccc4c3)cccc21. The molecule has 0 aromatic heterocycles. The Morgan fingerprint density at radius 2 is 0.914 bits per heavy atom. The third kappa shape index (κ3) is 6.46. The van der Waals surface area contributed by atoms with Crippen molar-refractivity contribution in [2.45, 2.75) is 98.4 Å². The Hall–Kier alpha value is -3.00. The second-order valence-electron chi connectivity index (χ2n) is 19.8. The number of halogens is 2. The fraction of sp³-hybridized carbons (Fsp3) is 0.333. The van der Waals surface area contributed by atoms with E-state index in [1.54, 1.807) is 0 Å². The third-order valence-corrected chi connectivity index (χ3v) is 67.4. The molecule has 10 rings (SSSR count). The van der Waals surface area contributed by atoms with Gasteiger partial charge in [-0.25, -0.2) is 0 Å². The number of allylic oxidation sites excluding steroid dienone is 2. The van der Waals surface area contributed by atoms with Crippen molar-refractivity contribution in [3.63, 3.8) is 0 Å². The summed E-state index contributed by atoms with van der Waals surface area (Å²) in [7, 11) is 18.3. The first-order valence-electron chi connectivity index (χ1n) is 22.2. The second-order valence-corrected chi connectivity index (χ2v) is 62.3. The van der Waals surface area contributed by atoms with Crippen LogP contribution >= 0.6 is 17.0 Å². The van der Waals surface area contributed by atoms with E-state index in [-0.39, 0.29) is 18.1 Å². The van der Waals surface area contributed by atoms with Crippen LogP contribution in [0.25, 0.3) is 56.0 Å². The number of rotatable bonds is 9. The summed E-state index contributed by atoms with van der Waals surface area (Å²) >= 11 is -5.08. The molecule has 0 amide bonds. The zero-order valence-electron chi connectivity index (χ0n) is 34.8. The molecule has 0 N–H and O–H groups in total. The Balaban J connectivity index is 1.19. The summed E-state index contributed by atoms with van der Waals surface area (Å²) in [6, 6.07) is 45.7. The van der Waals surface area contributed by atoms with Gasteiger partial charge in [0.25, 0.3) is 0 Å². The topological polar surface area (TPSA) is 0 Å². The quantitative estimate of drug-likeness (QED) is 0.127. The molecular formula is C54H57Cl2SiZr. The van der Waals surface area contributed by atoms with Crippen LogP contribution in [-0.2, 0) is 15.6 Å². The van der Waals surface area contributed by atoms with E-state index in [0.717, 1.165) is 12.8 Å². The van der Waals surface area contributed by atoms with Gasteiger partial charge >= 0.3 is 358 Å². The minimum atomic E-state index is -5.08. The van der Waals surface area contributed by atoms with Gasteiger partial charge in [0.1, 0.15) is 0 Å². The van der Waals surface area contributed by atoms with Gasteiger partial charge in [-0.3, -0.25) is 0 Å². The van der Waals surface area contributed by atoms with Crippen LogP contribution in [0.3, 0.4) is 0 Å². The van der Waals surface area contributed by atoms with Crippen LogP contribution < -0.4 is 0 Å². The minimum absolute atomic E-state index is 0.0873. The van der Waals surface area contributed by atoms with E-state index in [4.69, 9.17) is 17.0 Å². The summed E-state index contributed by atoms with van der Waals surface area (Å²) in [4.78, 5) is 0. The van der Waals surface area contributed by atoms with E-state index in [9.17, 15) is 0 Å². The van der Waals surface area contributed by atoms with Gasteiger partial charge in [-0.05, 0) is 0 Å². The molecule has 0 nitrogen and oxygen atoms in total. The molecule has 0 saturated heterocycles. The molecule has 58 heavy (non-hydrogen) atoms. The van der Waals surface area contributed by atoms with Crippen molar-refractivity contribution < 1.29 is 15.6 Å². The third-order valence-electron chi connectivity index (χ3n) is 15.5. The van der Waals surface area contributed by atoms with E-state index in [1.807, 2.05) is 0 Å². The van der Waals surface area contributed by atoms with Gasteiger partial charge in [-0.2, -0.15) is 0 Å². The first-order chi connectivity index (χ1) is 27.9. The van der Waals surface area contributed by atoms with Gasteiger partial charge in [0.2, 0.25) is 0 Å². The van der Waals surface area contributed by atoms with E-state index < -0.39 is 21.5 Å². The Bertz CT molecular complexity index is 2480. The Kier molecular flexibility index (Phi) is 9.84. The molecule has 6 aromatic carbocycles. The molecular weight excluding hydrogens is 839 g/mol. The fourth-order valence-electron chi connectivity index (χ4n) is 12.4. The number of hydrogen-bond acceptors (Lipinski definition) is 0. The average molecular weight is 896 g/mol. The zero-order chi connectivity index (χ0) is 39.9. The molecule has 0 radical (unpaired) electrons. The predicted octanol–water partition coefficient (Wildman–Crippen LogP) is 16.8. The standard InChI is InChI=1S/2C26H25.C2H7Si.2ClH.Zr/c2*1-26(13-4-5-14-26)18-19-15-22-9-6-10-24(25(22)16-19)23-12-11-20-7-2-3-8-21(20)17-23;1-3-2;;;/h2*2-3,6-12,15-17H,4-5,13-14,18H2,1H3;3H,1-2H3;2*1H;/q;;;;;+2/p-2. The molecule has 0 heterocycles. The van der Waals surface area contributed by atoms with Crippen LogP contribution in [0.5, 0.6) is 0 Å². The van der Waals surface area contributed by atoms with Crippen molar-refractivity contribution in [2.24, 2.45) is 10.8 Å². The molecule has 295 valence electrons. The molecule has 2 atom stereocenters. The second kappa shape index (κ2) is 14.6. The van der Waals surface area contributed by atoms with Crippen molar-refractivity contribution in [3.05, 3.63) is 155 Å². The monoisotopic (exact) mass is 893 g/mol.